The van der Waals surface area contributed by atoms with Crippen molar-refractivity contribution in [1.82, 2.24) is 9.97 Å². The van der Waals surface area contributed by atoms with E-state index < -0.39 is 0 Å². The molecule has 3 rings (SSSR count). The van der Waals surface area contributed by atoms with Crippen LogP contribution in [0.5, 0.6) is 0 Å². The summed E-state index contributed by atoms with van der Waals surface area (Å²) in [6, 6.07) is 7.96. The average Bonchev–Trinajstić information content (AvgIpc) is 2.49. The molecule has 2 aromatic rings. The van der Waals surface area contributed by atoms with Crippen molar-refractivity contribution in [3.05, 3.63) is 30.6 Å². The fourth-order valence-electron chi connectivity index (χ4n) is 2.91. The van der Waals surface area contributed by atoms with Gasteiger partial charge in [-0.05, 0) is 25.0 Å². The summed E-state index contributed by atoms with van der Waals surface area (Å²) < 4.78 is 0. The topological polar surface area (TPSA) is 58.0 Å². The van der Waals surface area contributed by atoms with Crippen LogP contribution in [-0.2, 0) is 0 Å². The molecule has 1 aromatic carbocycles. The number of fused-ring (bicyclic) bond motifs is 1. The van der Waals surface area contributed by atoms with Crippen LogP contribution in [0.1, 0.15) is 32.1 Å². The van der Waals surface area contributed by atoms with Gasteiger partial charge in [-0.25, -0.2) is 9.97 Å². The van der Waals surface area contributed by atoms with Crippen molar-refractivity contribution < 1.29 is 5.11 Å². The molecule has 2 N–H and O–H groups in total. The maximum Gasteiger partial charge on any atom is 0.137 e. The first-order chi connectivity index (χ1) is 9.33. The monoisotopic (exact) mass is 257 g/mol. The summed E-state index contributed by atoms with van der Waals surface area (Å²) in [6.45, 7) is 0.158. The van der Waals surface area contributed by atoms with E-state index in [0.29, 0.717) is 0 Å². The van der Waals surface area contributed by atoms with Crippen molar-refractivity contribution >= 4 is 16.7 Å². The van der Waals surface area contributed by atoms with E-state index in [1.807, 2.05) is 24.3 Å². The minimum atomic E-state index is -0.213. The van der Waals surface area contributed by atoms with E-state index >= 15 is 0 Å². The van der Waals surface area contributed by atoms with Gasteiger partial charge in [-0.2, -0.15) is 0 Å². The second kappa shape index (κ2) is 5.13. The smallest absolute Gasteiger partial charge is 0.137 e. The molecule has 1 fully saturated rings. The molecule has 0 spiro atoms. The second-order valence-electron chi connectivity index (χ2n) is 5.36. The van der Waals surface area contributed by atoms with Gasteiger partial charge in [0.1, 0.15) is 12.1 Å². The maximum absolute atomic E-state index is 9.77. The molecular formula is C15H19N3O. The number of aliphatic hydroxyl groups excluding tert-OH is 1. The van der Waals surface area contributed by atoms with Crippen molar-refractivity contribution in [3.63, 3.8) is 0 Å². The molecule has 19 heavy (non-hydrogen) atoms. The normalized spacial score (nSPS) is 18.4. The van der Waals surface area contributed by atoms with E-state index in [-0.39, 0.29) is 12.1 Å². The van der Waals surface area contributed by atoms with Crippen molar-refractivity contribution in [2.24, 2.45) is 0 Å². The van der Waals surface area contributed by atoms with Crippen LogP contribution in [-0.4, -0.2) is 27.2 Å². The lowest BCUT2D eigenvalue weighted by atomic mass is 9.82. The van der Waals surface area contributed by atoms with Gasteiger partial charge in [-0.3, -0.25) is 0 Å². The van der Waals surface area contributed by atoms with E-state index in [1.54, 1.807) is 6.33 Å². The molecule has 0 aliphatic heterocycles. The SMILES string of the molecule is OCC1(Nc2ncnc3ccccc23)CCCCC1. The van der Waals surface area contributed by atoms with Crippen LogP contribution in [0.25, 0.3) is 10.9 Å². The zero-order chi connectivity index (χ0) is 13.1. The third kappa shape index (κ3) is 2.40. The number of hydrogen-bond acceptors (Lipinski definition) is 4. The second-order valence-corrected chi connectivity index (χ2v) is 5.36. The lowest BCUT2D eigenvalue weighted by Gasteiger charge is -2.37. The van der Waals surface area contributed by atoms with Gasteiger partial charge in [0.25, 0.3) is 0 Å². The summed E-state index contributed by atoms with van der Waals surface area (Å²) in [5.74, 6) is 0.835. The summed E-state index contributed by atoms with van der Waals surface area (Å²) in [5, 5.41) is 14.3. The van der Waals surface area contributed by atoms with Crippen LogP contribution >= 0.6 is 0 Å². The molecule has 100 valence electrons. The molecule has 1 aliphatic carbocycles. The zero-order valence-corrected chi connectivity index (χ0v) is 11.0. The Morgan fingerprint density at radius 2 is 1.89 bits per heavy atom. The first kappa shape index (κ1) is 12.4. The minimum absolute atomic E-state index is 0.158. The quantitative estimate of drug-likeness (QED) is 0.887. The van der Waals surface area contributed by atoms with Gasteiger partial charge in [0.15, 0.2) is 0 Å². The first-order valence-electron chi connectivity index (χ1n) is 6.92. The summed E-state index contributed by atoms with van der Waals surface area (Å²) in [5.41, 5.74) is 0.721. The van der Waals surface area contributed by atoms with Crippen LogP contribution in [0.15, 0.2) is 30.6 Å². The van der Waals surface area contributed by atoms with Crippen LogP contribution in [0.2, 0.25) is 0 Å². The van der Waals surface area contributed by atoms with Crippen LogP contribution in [0.4, 0.5) is 5.82 Å². The number of nitrogens with zero attached hydrogens (tertiary/aromatic N) is 2. The number of hydrogen-bond donors (Lipinski definition) is 2. The summed E-state index contributed by atoms with van der Waals surface area (Å²) in [6.07, 6.45) is 7.17. The van der Waals surface area contributed by atoms with Gasteiger partial charge in [0.05, 0.1) is 17.7 Å². The van der Waals surface area contributed by atoms with Gasteiger partial charge < -0.3 is 10.4 Å². The molecule has 0 bridgehead atoms. The lowest BCUT2D eigenvalue weighted by Crippen LogP contribution is -2.44. The summed E-state index contributed by atoms with van der Waals surface area (Å²) in [4.78, 5) is 8.63. The van der Waals surface area contributed by atoms with E-state index in [4.69, 9.17) is 0 Å². The first-order valence-corrected chi connectivity index (χ1v) is 6.92. The van der Waals surface area contributed by atoms with Crippen molar-refractivity contribution in [2.45, 2.75) is 37.6 Å². The molecule has 1 aliphatic rings. The maximum atomic E-state index is 9.77. The van der Waals surface area contributed by atoms with Crippen molar-refractivity contribution in [2.75, 3.05) is 11.9 Å². The van der Waals surface area contributed by atoms with E-state index in [2.05, 4.69) is 15.3 Å². The van der Waals surface area contributed by atoms with Crippen LogP contribution in [0, 0.1) is 0 Å². The van der Waals surface area contributed by atoms with E-state index in [9.17, 15) is 5.11 Å². The molecule has 0 unspecified atom stereocenters. The molecule has 0 atom stereocenters. The van der Waals surface area contributed by atoms with E-state index in [1.165, 1.54) is 6.42 Å². The van der Waals surface area contributed by atoms with Gasteiger partial charge in [0, 0.05) is 5.39 Å². The highest BCUT2D eigenvalue weighted by atomic mass is 16.3. The van der Waals surface area contributed by atoms with E-state index in [0.717, 1.165) is 42.4 Å². The molecular weight excluding hydrogens is 238 g/mol. The Balaban J connectivity index is 1.96. The van der Waals surface area contributed by atoms with Gasteiger partial charge >= 0.3 is 0 Å². The van der Waals surface area contributed by atoms with Crippen LogP contribution < -0.4 is 5.32 Å². The molecule has 4 nitrogen and oxygen atoms in total. The minimum Gasteiger partial charge on any atom is -0.394 e. The van der Waals surface area contributed by atoms with Crippen molar-refractivity contribution in [3.8, 4) is 0 Å². The molecule has 1 aromatic heterocycles. The molecule has 0 amide bonds. The number of aromatic nitrogens is 2. The Labute approximate surface area is 112 Å². The third-order valence-electron chi connectivity index (χ3n) is 4.04. The summed E-state index contributed by atoms with van der Waals surface area (Å²) >= 11 is 0. The molecule has 1 saturated carbocycles. The number of benzene rings is 1. The Morgan fingerprint density at radius 3 is 2.68 bits per heavy atom. The predicted molar refractivity (Wildman–Crippen MR) is 76.1 cm³/mol. The van der Waals surface area contributed by atoms with Gasteiger partial charge in [-0.15, -0.1) is 0 Å². The molecule has 4 heteroatoms. The highest BCUT2D eigenvalue weighted by Gasteiger charge is 2.31. The number of rotatable bonds is 3. The van der Waals surface area contributed by atoms with Gasteiger partial charge in [-0.1, -0.05) is 31.4 Å². The summed E-state index contributed by atoms with van der Waals surface area (Å²) in [7, 11) is 0. The van der Waals surface area contributed by atoms with Gasteiger partial charge in [0.2, 0.25) is 0 Å². The predicted octanol–water partition coefficient (Wildman–Crippen LogP) is 2.74. The molecule has 1 heterocycles. The Bertz CT molecular complexity index is 559. The number of aliphatic hydroxyl groups is 1. The fourth-order valence-corrected chi connectivity index (χ4v) is 2.91. The Morgan fingerprint density at radius 1 is 1.11 bits per heavy atom. The number of nitrogens with one attached hydrogen (secondary N) is 1. The number of para-hydroxylation sites is 1. The fraction of sp³-hybridized carbons (Fsp3) is 0.467. The molecule has 0 saturated heterocycles. The molecule has 0 radical (unpaired) electrons. The Hall–Kier alpha value is -1.68. The Kier molecular flexibility index (Phi) is 3.34. The van der Waals surface area contributed by atoms with Crippen molar-refractivity contribution in [1.29, 1.82) is 0 Å². The highest BCUT2D eigenvalue weighted by molar-refractivity contribution is 5.88. The zero-order valence-electron chi connectivity index (χ0n) is 11.0. The largest absolute Gasteiger partial charge is 0.394 e. The number of anilines is 1. The third-order valence-corrected chi connectivity index (χ3v) is 4.04. The van der Waals surface area contributed by atoms with Crippen LogP contribution in [0.3, 0.4) is 0 Å². The lowest BCUT2D eigenvalue weighted by molar-refractivity contribution is 0.172. The standard InChI is InChI=1S/C15H19N3O/c19-10-15(8-4-1-5-9-15)18-14-12-6-2-3-7-13(12)16-11-17-14/h2-3,6-7,11,19H,1,4-5,8-10H2,(H,16,17,18). The highest BCUT2D eigenvalue weighted by Crippen LogP contribution is 2.32. The average molecular weight is 257 g/mol.